The zero-order valence-electron chi connectivity index (χ0n) is 18.9. The highest BCUT2D eigenvalue weighted by molar-refractivity contribution is 6.16. The standard InChI is InChI=1S/C31H23NO2/c1-21(23-11-5-3-6-12-23)19-29(32-22(2)24-13-7-4-8-14-24)25-17-18-26-27-15-9-10-16-30(27)34-31(33)28(26)20-25/h3-20H,2H2,1H3/b21-19+,32-29?. The van der Waals surface area contributed by atoms with Crippen LogP contribution >= 0.6 is 0 Å². The topological polar surface area (TPSA) is 42.6 Å². The monoisotopic (exact) mass is 441 g/mol. The van der Waals surface area contributed by atoms with Crippen molar-refractivity contribution in [2.45, 2.75) is 6.92 Å². The third kappa shape index (κ3) is 4.24. The summed E-state index contributed by atoms with van der Waals surface area (Å²) in [4.78, 5) is 17.7. The van der Waals surface area contributed by atoms with Gasteiger partial charge in [-0.2, -0.15) is 0 Å². The van der Waals surface area contributed by atoms with Crippen LogP contribution in [-0.2, 0) is 0 Å². The van der Waals surface area contributed by atoms with Gasteiger partial charge in [0.2, 0.25) is 0 Å². The van der Waals surface area contributed by atoms with Gasteiger partial charge in [-0.05, 0) is 47.2 Å². The van der Waals surface area contributed by atoms with E-state index in [9.17, 15) is 4.79 Å². The minimum absolute atomic E-state index is 0.361. The van der Waals surface area contributed by atoms with Crippen LogP contribution in [0.5, 0.6) is 0 Å². The number of fused-ring (bicyclic) bond motifs is 3. The van der Waals surface area contributed by atoms with Crippen LogP contribution in [0, 0.1) is 0 Å². The molecule has 0 amide bonds. The molecule has 1 aromatic heterocycles. The summed E-state index contributed by atoms with van der Waals surface area (Å²) in [5, 5.41) is 2.30. The minimum Gasteiger partial charge on any atom is -0.422 e. The molecule has 1 heterocycles. The number of rotatable bonds is 5. The summed E-state index contributed by atoms with van der Waals surface area (Å²) >= 11 is 0. The van der Waals surface area contributed by atoms with E-state index in [1.54, 1.807) is 0 Å². The first-order chi connectivity index (χ1) is 16.6. The zero-order valence-corrected chi connectivity index (χ0v) is 18.9. The number of aliphatic imine (C=N–C) groups is 1. The summed E-state index contributed by atoms with van der Waals surface area (Å²) in [6, 6.07) is 33.4. The van der Waals surface area contributed by atoms with Crippen LogP contribution in [0.4, 0.5) is 0 Å². The summed E-state index contributed by atoms with van der Waals surface area (Å²) in [7, 11) is 0. The second-order valence-electron chi connectivity index (χ2n) is 8.15. The summed E-state index contributed by atoms with van der Waals surface area (Å²) in [6.07, 6.45) is 2.04. The van der Waals surface area contributed by atoms with Gasteiger partial charge in [-0.3, -0.25) is 0 Å². The van der Waals surface area contributed by atoms with Crippen molar-refractivity contribution in [3.8, 4) is 0 Å². The summed E-state index contributed by atoms with van der Waals surface area (Å²) in [6.45, 7) is 6.25. The number of nitrogens with zero attached hydrogens (tertiary/aromatic N) is 1. The van der Waals surface area contributed by atoms with Crippen molar-refractivity contribution < 1.29 is 4.42 Å². The highest BCUT2D eigenvalue weighted by Gasteiger charge is 2.11. The second-order valence-corrected chi connectivity index (χ2v) is 8.15. The first-order valence-corrected chi connectivity index (χ1v) is 11.1. The van der Waals surface area contributed by atoms with E-state index in [1.807, 2.05) is 97.1 Å². The molecule has 5 rings (SSSR count). The van der Waals surface area contributed by atoms with Gasteiger partial charge in [-0.15, -0.1) is 0 Å². The Bertz CT molecular complexity index is 1620. The number of para-hydroxylation sites is 1. The van der Waals surface area contributed by atoms with E-state index in [4.69, 9.17) is 9.41 Å². The van der Waals surface area contributed by atoms with Gasteiger partial charge in [0.25, 0.3) is 0 Å². The van der Waals surface area contributed by atoms with Gasteiger partial charge >= 0.3 is 5.63 Å². The average molecular weight is 442 g/mol. The molecule has 0 N–H and O–H groups in total. The molecular weight excluding hydrogens is 418 g/mol. The molecule has 3 nitrogen and oxygen atoms in total. The smallest absolute Gasteiger partial charge is 0.344 e. The molecule has 3 heteroatoms. The fraction of sp³-hybridized carbons (Fsp3) is 0.0323. The Labute approximate surface area is 198 Å². The lowest BCUT2D eigenvalue weighted by Crippen LogP contribution is -2.04. The van der Waals surface area contributed by atoms with E-state index in [1.165, 1.54) is 0 Å². The largest absolute Gasteiger partial charge is 0.422 e. The lowest BCUT2D eigenvalue weighted by molar-refractivity contribution is 0.569. The molecule has 0 atom stereocenters. The van der Waals surface area contributed by atoms with E-state index < -0.39 is 0 Å². The molecule has 0 unspecified atom stereocenters. The Balaban J connectivity index is 1.69. The molecule has 0 saturated carbocycles. The average Bonchev–Trinajstić information content (AvgIpc) is 2.89. The normalized spacial score (nSPS) is 12.3. The van der Waals surface area contributed by atoms with Gasteiger partial charge in [-0.25, -0.2) is 9.79 Å². The summed E-state index contributed by atoms with van der Waals surface area (Å²) in [5.74, 6) is 0. The molecule has 34 heavy (non-hydrogen) atoms. The lowest BCUT2D eigenvalue weighted by atomic mass is 9.99. The molecule has 0 fully saturated rings. The van der Waals surface area contributed by atoms with E-state index in [-0.39, 0.29) is 5.63 Å². The third-order valence-corrected chi connectivity index (χ3v) is 5.86. The Kier molecular flexibility index (Phi) is 5.75. The fourth-order valence-corrected chi connectivity index (χ4v) is 4.05. The first kappa shape index (κ1) is 21.4. The molecule has 0 aliphatic rings. The predicted octanol–water partition coefficient (Wildman–Crippen LogP) is 7.51. The first-order valence-electron chi connectivity index (χ1n) is 11.1. The van der Waals surface area contributed by atoms with Crippen molar-refractivity contribution in [2.75, 3.05) is 0 Å². The number of hydrogen-bond donors (Lipinski definition) is 0. The molecule has 0 saturated heterocycles. The fourth-order valence-electron chi connectivity index (χ4n) is 4.05. The lowest BCUT2D eigenvalue weighted by Gasteiger charge is -2.09. The maximum Gasteiger partial charge on any atom is 0.344 e. The maximum absolute atomic E-state index is 12.8. The number of allylic oxidation sites excluding steroid dienone is 2. The van der Waals surface area contributed by atoms with E-state index >= 15 is 0 Å². The Morgan fingerprint density at radius 3 is 2.12 bits per heavy atom. The van der Waals surface area contributed by atoms with Crippen molar-refractivity contribution >= 4 is 38.7 Å². The van der Waals surface area contributed by atoms with Crippen LogP contribution in [0.15, 0.2) is 130 Å². The van der Waals surface area contributed by atoms with Crippen LogP contribution in [0.25, 0.3) is 33.0 Å². The molecule has 0 aliphatic carbocycles. The molecule has 164 valence electrons. The van der Waals surface area contributed by atoms with Crippen molar-refractivity contribution in [3.63, 3.8) is 0 Å². The quantitative estimate of drug-likeness (QED) is 0.161. The molecule has 5 aromatic rings. The van der Waals surface area contributed by atoms with Crippen molar-refractivity contribution in [3.05, 3.63) is 143 Å². The predicted molar refractivity (Wildman–Crippen MR) is 142 cm³/mol. The van der Waals surface area contributed by atoms with Gasteiger partial charge in [0.15, 0.2) is 0 Å². The van der Waals surface area contributed by atoms with Crippen LogP contribution in [-0.4, -0.2) is 5.71 Å². The highest BCUT2D eigenvalue weighted by Crippen LogP contribution is 2.25. The maximum atomic E-state index is 12.8. The van der Waals surface area contributed by atoms with Gasteiger partial charge in [0.1, 0.15) is 5.58 Å². The molecular formula is C31H23NO2. The van der Waals surface area contributed by atoms with E-state index in [0.29, 0.717) is 16.7 Å². The van der Waals surface area contributed by atoms with E-state index in [0.717, 1.165) is 38.7 Å². The van der Waals surface area contributed by atoms with Crippen LogP contribution < -0.4 is 5.63 Å². The number of hydrogen-bond acceptors (Lipinski definition) is 3. The van der Waals surface area contributed by atoms with Crippen LogP contribution in [0.1, 0.15) is 23.6 Å². The SMILES string of the molecule is C=C(N=C(/C=C(\C)c1ccccc1)c1ccc2c(c1)c(=O)oc1ccccc12)c1ccccc1. The van der Waals surface area contributed by atoms with Crippen molar-refractivity contribution in [1.82, 2.24) is 0 Å². The Hall–Kier alpha value is -4.50. The van der Waals surface area contributed by atoms with Crippen LogP contribution in [0.2, 0.25) is 0 Å². The highest BCUT2D eigenvalue weighted by atomic mass is 16.4. The molecule has 0 radical (unpaired) electrons. The van der Waals surface area contributed by atoms with Gasteiger partial charge < -0.3 is 4.42 Å². The molecule has 4 aromatic carbocycles. The van der Waals surface area contributed by atoms with Crippen molar-refractivity contribution in [1.29, 1.82) is 0 Å². The van der Waals surface area contributed by atoms with E-state index in [2.05, 4.69) is 25.6 Å². The molecule has 0 bridgehead atoms. The number of benzene rings is 4. The second kappa shape index (κ2) is 9.16. The third-order valence-electron chi connectivity index (χ3n) is 5.86. The Morgan fingerprint density at radius 2 is 1.38 bits per heavy atom. The summed E-state index contributed by atoms with van der Waals surface area (Å²) in [5.41, 5.74) is 5.53. The zero-order chi connectivity index (χ0) is 23.5. The Morgan fingerprint density at radius 1 is 0.735 bits per heavy atom. The van der Waals surface area contributed by atoms with Gasteiger partial charge in [-0.1, -0.05) is 97.6 Å². The van der Waals surface area contributed by atoms with Crippen LogP contribution in [0.3, 0.4) is 0 Å². The molecule has 0 aliphatic heterocycles. The van der Waals surface area contributed by atoms with Gasteiger partial charge in [0.05, 0.1) is 16.8 Å². The van der Waals surface area contributed by atoms with Crippen molar-refractivity contribution in [2.24, 2.45) is 4.99 Å². The summed E-state index contributed by atoms with van der Waals surface area (Å²) < 4.78 is 5.58. The van der Waals surface area contributed by atoms with Gasteiger partial charge in [0, 0.05) is 10.9 Å². The molecule has 0 spiro atoms. The minimum atomic E-state index is -0.361.